The molecule has 88 valence electrons. The van der Waals surface area contributed by atoms with Crippen molar-refractivity contribution in [2.75, 3.05) is 25.0 Å². The van der Waals surface area contributed by atoms with E-state index in [-0.39, 0.29) is 5.91 Å². The van der Waals surface area contributed by atoms with Gasteiger partial charge in [0, 0.05) is 19.6 Å². The number of aliphatic hydroxyl groups excluding tert-OH is 1. The molecule has 1 aromatic rings. The number of aliphatic hydroxyl groups is 1. The largest absolute Gasteiger partial charge is 0.391 e. The number of hydrogen-bond donors (Lipinski definition) is 2. The van der Waals surface area contributed by atoms with Gasteiger partial charge in [-0.2, -0.15) is 0 Å². The lowest BCUT2D eigenvalue weighted by Crippen LogP contribution is -2.29. The van der Waals surface area contributed by atoms with Crippen LogP contribution in [0.4, 0.5) is 5.13 Å². The molecule has 1 fully saturated rings. The van der Waals surface area contributed by atoms with Crippen LogP contribution in [-0.2, 0) is 0 Å². The van der Waals surface area contributed by atoms with Gasteiger partial charge in [0.05, 0.1) is 6.10 Å². The van der Waals surface area contributed by atoms with Gasteiger partial charge >= 0.3 is 0 Å². The molecule has 0 aromatic carbocycles. The summed E-state index contributed by atoms with van der Waals surface area (Å²) in [6, 6.07) is 0. The molecule has 1 unspecified atom stereocenters. The topological polar surface area (TPSA) is 78.4 Å². The molecule has 16 heavy (non-hydrogen) atoms. The van der Waals surface area contributed by atoms with E-state index in [0.717, 1.165) is 6.54 Å². The van der Waals surface area contributed by atoms with Crippen LogP contribution in [0, 0.1) is 0 Å². The van der Waals surface area contributed by atoms with Crippen molar-refractivity contribution in [2.45, 2.75) is 19.4 Å². The molecule has 2 rings (SSSR count). The molecule has 1 aliphatic heterocycles. The molecule has 1 aromatic heterocycles. The van der Waals surface area contributed by atoms with Gasteiger partial charge in [0.2, 0.25) is 10.1 Å². The summed E-state index contributed by atoms with van der Waals surface area (Å²) in [5, 5.41) is 21.1. The standard InChI is InChI=1S/C9H14N4O2S/c1-2-10-9-12-11-7(16-9)8(15)13-4-3-6(14)5-13/h6,14H,2-5H2,1H3,(H,10,12). The van der Waals surface area contributed by atoms with Gasteiger partial charge in [0.25, 0.3) is 5.91 Å². The van der Waals surface area contributed by atoms with Gasteiger partial charge in [0.1, 0.15) is 0 Å². The number of rotatable bonds is 3. The molecule has 0 radical (unpaired) electrons. The zero-order valence-corrected chi connectivity index (χ0v) is 9.83. The summed E-state index contributed by atoms with van der Waals surface area (Å²) in [5.41, 5.74) is 0. The minimum absolute atomic E-state index is 0.141. The van der Waals surface area contributed by atoms with Gasteiger partial charge in [-0.25, -0.2) is 0 Å². The average Bonchev–Trinajstić information content (AvgIpc) is 2.87. The van der Waals surface area contributed by atoms with E-state index in [1.165, 1.54) is 11.3 Å². The van der Waals surface area contributed by atoms with Crippen LogP contribution in [0.25, 0.3) is 0 Å². The number of β-amino-alcohol motifs (C(OH)–C–C–N with tert-alkyl or cyclic N) is 1. The van der Waals surface area contributed by atoms with Crippen LogP contribution in [0.2, 0.25) is 0 Å². The first-order valence-electron chi connectivity index (χ1n) is 5.25. The van der Waals surface area contributed by atoms with E-state index in [9.17, 15) is 9.90 Å². The van der Waals surface area contributed by atoms with Crippen LogP contribution in [0.15, 0.2) is 0 Å². The maximum atomic E-state index is 11.9. The van der Waals surface area contributed by atoms with Crippen molar-refractivity contribution in [1.29, 1.82) is 0 Å². The quantitative estimate of drug-likeness (QED) is 0.790. The number of nitrogens with zero attached hydrogens (tertiary/aromatic N) is 3. The fourth-order valence-corrected chi connectivity index (χ4v) is 2.37. The molecule has 0 aliphatic carbocycles. The van der Waals surface area contributed by atoms with E-state index in [1.54, 1.807) is 4.90 Å². The molecular weight excluding hydrogens is 228 g/mol. The first-order valence-corrected chi connectivity index (χ1v) is 6.07. The minimum Gasteiger partial charge on any atom is -0.391 e. The molecule has 1 atom stereocenters. The number of carbonyl (C=O) groups is 1. The number of hydrogen-bond acceptors (Lipinski definition) is 6. The van der Waals surface area contributed by atoms with Crippen LogP contribution in [-0.4, -0.2) is 51.8 Å². The highest BCUT2D eigenvalue weighted by atomic mass is 32.1. The Morgan fingerprint density at radius 2 is 2.50 bits per heavy atom. The third-order valence-corrected chi connectivity index (χ3v) is 3.26. The lowest BCUT2D eigenvalue weighted by molar-refractivity contribution is 0.0764. The summed E-state index contributed by atoms with van der Waals surface area (Å²) in [6.45, 7) is 3.70. The van der Waals surface area contributed by atoms with E-state index >= 15 is 0 Å². The lowest BCUT2D eigenvalue weighted by atomic mass is 10.3. The van der Waals surface area contributed by atoms with Crippen molar-refractivity contribution in [3.05, 3.63) is 5.01 Å². The second-order valence-corrected chi connectivity index (χ2v) is 4.61. The van der Waals surface area contributed by atoms with Crippen molar-refractivity contribution in [3.8, 4) is 0 Å². The van der Waals surface area contributed by atoms with E-state index in [4.69, 9.17) is 0 Å². The van der Waals surface area contributed by atoms with Gasteiger partial charge in [0.15, 0.2) is 0 Å². The first-order chi connectivity index (χ1) is 7.70. The van der Waals surface area contributed by atoms with Crippen molar-refractivity contribution < 1.29 is 9.90 Å². The first kappa shape index (κ1) is 11.3. The SMILES string of the molecule is CCNc1nnc(C(=O)N2CCC(O)C2)s1. The number of anilines is 1. The maximum Gasteiger partial charge on any atom is 0.284 e. The molecule has 1 amide bonds. The zero-order chi connectivity index (χ0) is 11.5. The molecule has 1 aliphatic rings. The molecule has 2 N–H and O–H groups in total. The third-order valence-electron chi connectivity index (χ3n) is 2.39. The summed E-state index contributed by atoms with van der Waals surface area (Å²) in [4.78, 5) is 13.5. The predicted molar refractivity (Wildman–Crippen MR) is 60.6 cm³/mol. The summed E-state index contributed by atoms with van der Waals surface area (Å²) < 4.78 is 0. The Kier molecular flexibility index (Phi) is 3.35. The Balaban J connectivity index is 2.03. The van der Waals surface area contributed by atoms with Crippen LogP contribution >= 0.6 is 11.3 Å². The molecule has 0 bridgehead atoms. The second kappa shape index (κ2) is 4.75. The van der Waals surface area contributed by atoms with Crippen LogP contribution < -0.4 is 5.32 Å². The summed E-state index contributed by atoms with van der Waals surface area (Å²) in [5.74, 6) is -0.141. The number of carbonyl (C=O) groups excluding carboxylic acids is 1. The maximum absolute atomic E-state index is 11.9. The van der Waals surface area contributed by atoms with Crippen LogP contribution in [0.3, 0.4) is 0 Å². The van der Waals surface area contributed by atoms with E-state index in [1.807, 2.05) is 6.92 Å². The Hall–Kier alpha value is -1.21. The number of aromatic nitrogens is 2. The van der Waals surface area contributed by atoms with Gasteiger partial charge in [-0.3, -0.25) is 4.79 Å². The molecule has 6 nitrogen and oxygen atoms in total. The minimum atomic E-state index is -0.398. The summed E-state index contributed by atoms with van der Waals surface area (Å²) in [6.07, 6.45) is 0.245. The highest BCUT2D eigenvalue weighted by Gasteiger charge is 2.27. The average molecular weight is 242 g/mol. The van der Waals surface area contributed by atoms with Crippen LogP contribution in [0.5, 0.6) is 0 Å². The zero-order valence-electron chi connectivity index (χ0n) is 9.01. The second-order valence-electron chi connectivity index (χ2n) is 3.64. The van der Waals surface area contributed by atoms with E-state index in [2.05, 4.69) is 15.5 Å². The van der Waals surface area contributed by atoms with Gasteiger partial charge < -0.3 is 15.3 Å². The number of nitrogens with one attached hydrogen (secondary N) is 1. The van der Waals surface area contributed by atoms with Gasteiger partial charge in [-0.15, -0.1) is 10.2 Å². The van der Waals surface area contributed by atoms with E-state index < -0.39 is 6.10 Å². The monoisotopic (exact) mass is 242 g/mol. The fraction of sp³-hybridized carbons (Fsp3) is 0.667. The fourth-order valence-electron chi connectivity index (χ4n) is 1.59. The Morgan fingerprint density at radius 1 is 1.69 bits per heavy atom. The summed E-state index contributed by atoms with van der Waals surface area (Å²) >= 11 is 1.25. The summed E-state index contributed by atoms with van der Waals surface area (Å²) in [7, 11) is 0. The van der Waals surface area contributed by atoms with Crippen molar-refractivity contribution in [1.82, 2.24) is 15.1 Å². The van der Waals surface area contributed by atoms with Gasteiger partial charge in [-0.05, 0) is 13.3 Å². The number of likely N-dealkylation sites (tertiary alicyclic amines) is 1. The molecule has 0 saturated carbocycles. The Labute approximate surface area is 97.3 Å². The Bertz CT molecular complexity index is 381. The van der Waals surface area contributed by atoms with Gasteiger partial charge in [-0.1, -0.05) is 11.3 Å². The van der Waals surface area contributed by atoms with Crippen molar-refractivity contribution in [3.63, 3.8) is 0 Å². The number of amides is 1. The highest BCUT2D eigenvalue weighted by Crippen LogP contribution is 2.19. The predicted octanol–water partition coefficient (Wildman–Crippen LogP) is 0.177. The molecule has 7 heteroatoms. The molecule has 1 saturated heterocycles. The van der Waals surface area contributed by atoms with Crippen molar-refractivity contribution >= 4 is 22.4 Å². The molecule has 2 heterocycles. The van der Waals surface area contributed by atoms with Crippen molar-refractivity contribution in [2.24, 2.45) is 0 Å². The third kappa shape index (κ3) is 2.30. The van der Waals surface area contributed by atoms with Crippen LogP contribution in [0.1, 0.15) is 23.1 Å². The normalized spacial score (nSPS) is 20.1. The Morgan fingerprint density at radius 3 is 3.12 bits per heavy atom. The smallest absolute Gasteiger partial charge is 0.284 e. The highest BCUT2D eigenvalue weighted by molar-refractivity contribution is 7.17. The molecular formula is C9H14N4O2S. The van der Waals surface area contributed by atoms with E-state index in [0.29, 0.717) is 29.6 Å². The molecule has 0 spiro atoms. The lowest BCUT2D eigenvalue weighted by Gasteiger charge is -2.12.